The van der Waals surface area contributed by atoms with E-state index in [1.165, 1.54) is 0 Å². The van der Waals surface area contributed by atoms with E-state index in [9.17, 15) is 14.4 Å². The third kappa shape index (κ3) is 4.65. The average molecular weight is 393 g/mol. The van der Waals surface area contributed by atoms with E-state index in [-0.39, 0.29) is 11.8 Å². The van der Waals surface area contributed by atoms with E-state index in [0.717, 1.165) is 36.1 Å². The molecule has 6 nitrogen and oxygen atoms in total. The maximum absolute atomic E-state index is 12.8. The molecular weight excluding hydrogens is 366 g/mol. The number of hydrogen-bond acceptors (Lipinski definition) is 3. The fourth-order valence-corrected chi connectivity index (χ4v) is 3.57. The molecule has 0 saturated carbocycles. The molecule has 0 unspecified atom stereocenters. The highest BCUT2D eigenvalue weighted by atomic mass is 16.2. The number of carbonyl (C=O) groups excluding carboxylic acids is 3. The zero-order valence-corrected chi connectivity index (χ0v) is 17.0. The van der Waals surface area contributed by atoms with Crippen molar-refractivity contribution in [2.45, 2.75) is 26.7 Å². The lowest BCUT2D eigenvalue weighted by atomic mass is 10.0. The van der Waals surface area contributed by atoms with Crippen molar-refractivity contribution < 1.29 is 14.4 Å². The molecule has 3 amide bonds. The molecule has 0 radical (unpaired) electrons. The summed E-state index contributed by atoms with van der Waals surface area (Å²) in [6.07, 6.45) is 2.50. The van der Waals surface area contributed by atoms with Crippen LogP contribution in [0.15, 0.2) is 42.5 Å². The lowest BCUT2D eigenvalue weighted by Gasteiger charge is -2.32. The number of nitrogens with one attached hydrogen (secondary N) is 1. The summed E-state index contributed by atoms with van der Waals surface area (Å²) in [5.41, 5.74) is 4.17. The minimum absolute atomic E-state index is 0.0768. The average Bonchev–Trinajstić information content (AvgIpc) is 2.78. The quantitative estimate of drug-likeness (QED) is 0.767. The number of aryl methyl sites for hydroxylation is 2. The lowest BCUT2D eigenvalue weighted by Crippen LogP contribution is -2.48. The molecule has 3 rings (SSSR count). The van der Waals surface area contributed by atoms with Gasteiger partial charge in [0.2, 0.25) is 6.41 Å². The maximum Gasteiger partial charge on any atom is 0.255 e. The Labute approximate surface area is 171 Å². The van der Waals surface area contributed by atoms with Crippen molar-refractivity contribution in [2.75, 3.05) is 31.5 Å². The van der Waals surface area contributed by atoms with E-state index in [1.807, 2.05) is 18.2 Å². The van der Waals surface area contributed by atoms with Gasteiger partial charge >= 0.3 is 0 Å². The Kier molecular flexibility index (Phi) is 6.65. The van der Waals surface area contributed by atoms with E-state index in [0.29, 0.717) is 37.3 Å². The van der Waals surface area contributed by atoms with Gasteiger partial charge in [-0.2, -0.15) is 0 Å². The predicted octanol–water partition coefficient (Wildman–Crippen LogP) is 2.98. The van der Waals surface area contributed by atoms with E-state index < -0.39 is 0 Å². The zero-order chi connectivity index (χ0) is 20.8. The summed E-state index contributed by atoms with van der Waals surface area (Å²) >= 11 is 0. The molecule has 1 N–H and O–H groups in total. The Balaban J connectivity index is 1.70. The monoisotopic (exact) mass is 393 g/mol. The molecule has 1 aliphatic rings. The number of hydrogen-bond donors (Lipinski definition) is 1. The first-order valence-corrected chi connectivity index (χ1v) is 10.1. The smallest absolute Gasteiger partial charge is 0.255 e. The largest absolute Gasteiger partial charge is 0.342 e. The van der Waals surface area contributed by atoms with Crippen molar-refractivity contribution in [1.82, 2.24) is 9.80 Å². The molecule has 29 heavy (non-hydrogen) atoms. The molecule has 2 aromatic rings. The predicted molar refractivity (Wildman–Crippen MR) is 113 cm³/mol. The van der Waals surface area contributed by atoms with Crippen LogP contribution >= 0.6 is 0 Å². The summed E-state index contributed by atoms with van der Waals surface area (Å²) in [6, 6.07) is 12.8. The SMILES string of the molecule is CCc1cccc(CC)c1NC(=O)c1ccc(C(=O)N2CCN(C=O)CC2)cc1. The molecule has 6 heteroatoms. The molecule has 0 atom stereocenters. The Bertz CT molecular complexity index is 862. The van der Waals surface area contributed by atoms with Crippen molar-refractivity contribution in [3.63, 3.8) is 0 Å². The molecule has 0 aromatic heterocycles. The normalized spacial score (nSPS) is 13.9. The van der Waals surface area contributed by atoms with Crippen LogP contribution in [0.25, 0.3) is 0 Å². The number of piperazine rings is 1. The maximum atomic E-state index is 12.8. The Hall–Kier alpha value is -3.15. The summed E-state index contributed by atoms with van der Waals surface area (Å²) in [4.78, 5) is 39.6. The molecular formula is C23H27N3O3. The summed E-state index contributed by atoms with van der Waals surface area (Å²) in [6.45, 7) is 6.28. The third-order valence-electron chi connectivity index (χ3n) is 5.38. The topological polar surface area (TPSA) is 69.7 Å². The molecule has 0 bridgehead atoms. The van der Waals surface area contributed by atoms with Crippen LogP contribution in [-0.4, -0.2) is 54.2 Å². The molecule has 0 aliphatic carbocycles. The van der Waals surface area contributed by atoms with Gasteiger partial charge in [0.25, 0.3) is 11.8 Å². The van der Waals surface area contributed by atoms with Crippen molar-refractivity contribution in [1.29, 1.82) is 0 Å². The summed E-state index contributed by atoms with van der Waals surface area (Å²) in [5, 5.41) is 3.05. The van der Waals surface area contributed by atoms with Gasteiger partial charge in [-0.15, -0.1) is 0 Å². The van der Waals surface area contributed by atoms with Crippen molar-refractivity contribution in [3.8, 4) is 0 Å². The minimum atomic E-state index is -0.181. The van der Waals surface area contributed by atoms with E-state index in [1.54, 1.807) is 34.1 Å². The van der Waals surface area contributed by atoms with Gasteiger partial charge in [0.15, 0.2) is 0 Å². The van der Waals surface area contributed by atoms with E-state index in [4.69, 9.17) is 0 Å². The number of rotatable bonds is 6. The summed E-state index contributed by atoms with van der Waals surface area (Å²) in [5.74, 6) is -0.258. The van der Waals surface area contributed by atoms with Gasteiger partial charge in [-0.3, -0.25) is 14.4 Å². The zero-order valence-electron chi connectivity index (χ0n) is 17.0. The standard InChI is InChI=1S/C23H27N3O3/c1-3-17-6-5-7-18(4-2)21(17)24-22(28)19-8-10-20(11-9-19)23(29)26-14-12-25(16-27)13-15-26/h5-11,16H,3-4,12-15H2,1-2H3,(H,24,28). The third-order valence-corrected chi connectivity index (χ3v) is 5.38. The Morgan fingerprint density at radius 2 is 1.45 bits per heavy atom. The Morgan fingerprint density at radius 3 is 1.97 bits per heavy atom. The van der Waals surface area contributed by atoms with Crippen LogP contribution in [-0.2, 0) is 17.6 Å². The molecule has 1 heterocycles. The van der Waals surface area contributed by atoms with Crippen LogP contribution in [0.1, 0.15) is 45.7 Å². The number of anilines is 1. The van der Waals surface area contributed by atoms with E-state index >= 15 is 0 Å². The number of amides is 3. The molecule has 1 saturated heterocycles. The fourth-order valence-electron chi connectivity index (χ4n) is 3.57. The fraction of sp³-hybridized carbons (Fsp3) is 0.348. The highest BCUT2D eigenvalue weighted by molar-refractivity contribution is 6.05. The van der Waals surface area contributed by atoms with Crippen molar-refractivity contribution in [3.05, 3.63) is 64.7 Å². The van der Waals surface area contributed by atoms with Crippen molar-refractivity contribution in [2.24, 2.45) is 0 Å². The van der Waals surface area contributed by atoms with Gasteiger partial charge < -0.3 is 15.1 Å². The molecule has 1 aliphatic heterocycles. The summed E-state index contributed by atoms with van der Waals surface area (Å²) in [7, 11) is 0. The van der Waals surface area contributed by atoms with Gasteiger partial charge in [0.05, 0.1) is 0 Å². The number of benzene rings is 2. The molecule has 2 aromatic carbocycles. The number of para-hydroxylation sites is 1. The first-order chi connectivity index (χ1) is 14.1. The number of nitrogens with zero attached hydrogens (tertiary/aromatic N) is 2. The van der Waals surface area contributed by atoms with Crippen LogP contribution in [0.4, 0.5) is 5.69 Å². The first-order valence-electron chi connectivity index (χ1n) is 10.1. The van der Waals surface area contributed by atoms with Crippen LogP contribution in [0.5, 0.6) is 0 Å². The number of carbonyl (C=O) groups is 3. The highest BCUT2D eigenvalue weighted by Crippen LogP contribution is 2.23. The van der Waals surface area contributed by atoms with Gasteiger partial charge in [-0.1, -0.05) is 32.0 Å². The first kappa shape index (κ1) is 20.6. The second kappa shape index (κ2) is 9.37. The molecule has 152 valence electrons. The summed E-state index contributed by atoms with van der Waals surface area (Å²) < 4.78 is 0. The van der Waals surface area contributed by atoms with Crippen LogP contribution in [0.2, 0.25) is 0 Å². The van der Waals surface area contributed by atoms with Crippen LogP contribution in [0, 0.1) is 0 Å². The van der Waals surface area contributed by atoms with Crippen LogP contribution in [0.3, 0.4) is 0 Å². The van der Waals surface area contributed by atoms with Gasteiger partial charge in [-0.25, -0.2) is 0 Å². The lowest BCUT2D eigenvalue weighted by molar-refractivity contribution is -0.119. The second-order valence-corrected chi connectivity index (χ2v) is 7.12. The second-order valence-electron chi connectivity index (χ2n) is 7.12. The van der Waals surface area contributed by atoms with Crippen molar-refractivity contribution >= 4 is 23.9 Å². The Morgan fingerprint density at radius 1 is 0.897 bits per heavy atom. The van der Waals surface area contributed by atoms with Gasteiger partial charge in [0.1, 0.15) is 0 Å². The van der Waals surface area contributed by atoms with Gasteiger partial charge in [0, 0.05) is 43.0 Å². The minimum Gasteiger partial charge on any atom is -0.342 e. The highest BCUT2D eigenvalue weighted by Gasteiger charge is 2.21. The van der Waals surface area contributed by atoms with Crippen LogP contribution < -0.4 is 5.32 Å². The van der Waals surface area contributed by atoms with Gasteiger partial charge in [-0.05, 0) is 48.2 Å². The molecule has 0 spiro atoms. The molecule has 1 fully saturated rings. The van der Waals surface area contributed by atoms with E-state index in [2.05, 4.69) is 19.2 Å².